The second kappa shape index (κ2) is 3.87. The van der Waals surface area contributed by atoms with Gasteiger partial charge in [0.1, 0.15) is 0 Å². The van der Waals surface area contributed by atoms with E-state index in [2.05, 4.69) is 0 Å². The van der Waals surface area contributed by atoms with Crippen LogP contribution in [0.2, 0.25) is 0 Å². The van der Waals surface area contributed by atoms with Gasteiger partial charge < -0.3 is 10.2 Å². The van der Waals surface area contributed by atoms with Gasteiger partial charge in [0, 0.05) is 5.25 Å². The van der Waals surface area contributed by atoms with E-state index in [1.54, 1.807) is 0 Å². The van der Waals surface area contributed by atoms with E-state index in [1.807, 2.05) is 0 Å². The van der Waals surface area contributed by atoms with Crippen molar-refractivity contribution < 1.29 is 23.8 Å². The minimum absolute atomic E-state index is 0.0729. The largest absolute Gasteiger partial charge is 0.476 e. The molecule has 0 aromatic rings. The van der Waals surface area contributed by atoms with Crippen molar-refractivity contribution in [2.24, 2.45) is 0 Å². The third-order valence-corrected chi connectivity index (χ3v) is 1.88. The van der Waals surface area contributed by atoms with Crippen LogP contribution in [0.25, 0.3) is 0 Å². The van der Waals surface area contributed by atoms with E-state index in [0.29, 0.717) is 0 Å². The number of carboxylic acid groups (broad SMARTS) is 1. The Morgan fingerprint density at radius 1 is 1.73 bits per heavy atom. The lowest BCUT2D eigenvalue weighted by Crippen LogP contribution is -2.27. The summed E-state index contributed by atoms with van der Waals surface area (Å²) in [6.45, 7) is 0.856. The Kier molecular flexibility index (Phi) is 3.74. The zero-order valence-corrected chi connectivity index (χ0v) is 6.57. The number of hydrogen-bond donors (Lipinski definition) is 2. The van der Waals surface area contributed by atoms with E-state index in [0.717, 1.165) is 0 Å². The average molecular weight is 186 g/mol. The van der Waals surface area contributed by atoms with Gasteiger partial charge >= 0.3 is 11.2 Å². The maximum atomic E-state index is 12.2. The maximum absolute atomic E-state index is 12.2. The summed E-state index contributed by atoms with van der Waals surface area (Å²) >= 11 is -0.0729. The molecular formula is C5H8F2O3S. The summed E-state index contributed by atoms with van der Waals surface area (Å²) in [5, 5.41) is 11.7. The second-order valence-corrected chi connectivity index (χ2v) is 3.49. The maximum Gasteiger partial charge on any atom is 0.389 e. The van der Waals surface area contributed by atoms with Gasteiger partial charge in [-0.2, -0.15) is 8.78 Å². The summed E-state index contributed by atoms with van der Waals surface area (Å²) in [6.07, 6.45) is 0. The van der Waals surface area contributed by atoms with Crippen molar-refractivity contribution in [3.05, 3.63) is 0 Å². The van der Waals surface area contributed by atoms with Gasteiger partial charge in [0.2, 0.25) is 0 Å². The summed E-state index contributed by atoms with van der Waals surface area (Å²) in [5.74, 6) is -2.18. The van der Waals surface area contributed by atoms with Crippen LogP contribution in [0.3, 0.4) is 0 Å². The quantitative estimate of drug-likeness (QED) is 0.681. The number of rotatable bonds is 4. The molecule has 0 aromatic heterocycles. The third kappa shape index (κ3) is 3.52. The molecule has 0 rings (SSSR count). The van der Waals surface area contributed by atoms with E-state index in [9.17, 15) is 13.6 Å². The summed E-state index contributed by atoms with van der Waals surface area (Å²) in [4.78, 5) is 9.82. The Hall–Kier alpha value is -0.360. The van der Waals surface area contributed by atoms with Gasteiger partial charge in [-0.05, 0) is 0 Å². The number of thioether (sulfide) groups is 1. The normalized spacial score (nSPS) is 14.5. The van der Waals surface area contributed by atoms with Crippen LogP contribution in [-0.2, 0) is 4.79 Å². The summed E-state index contributed by atoms with van der Waals surface area (Å²) < 4.78 is 24.5. The molecule has 0 heterocycles. The van der Waals surface area contributed by atoms with Crippen LogP contribution in [0, 0.1) is 0 Å². The lowest BCUT2D eigenvalue weighted by Gasteiger charge is -2.13. The molecule has 0 aliphatic heterocycles. The van der Waals surface area contributed by atoms with Crippen molar-refractivity contribution >= 4 is 17.7 Å². The number of alkyl halides is 2. The molecule has 0 saturated heterocycles. The van der Waals surface area contributed by atoms with Crippen LogP contribution < -0.4 is 0 Å². The number of hydrogen-bond acceptors (Lipinski definition) is 3. The molecule has 0 bridgehead atoms. The minimum atomic E-state index is -3.80. The zero-order chi connectivity index (χ0) is 9.07. The Bertz CT molecular complexity index is 151. The standard InChI is InChI=1S/C5H8F2O3S/c1-3(2-8)11-5(6,7)4(9)10/h3,8H,2H2,1H3,(H,9,10). The Morgan fingerprint density at radius 2 is 2.18 bits per heavy atom. The molecule has 2 N–H and O–H groups in total. The summed E-state index contributed by atoms with van der Waals surface area (Å²) in [6, 6.07) is 0. The molecule has 0 radical (unpaired) electrons. The fraction of sp³-hybridized carbons (Fsp3) is 0.800. The predicted molar refractivity (Wildman–Crippen MR) is 36.7 cm³/mol. The van der Waals surface area contributed by atoms with Crippen LogP contribution in [0.4, 0.5) is 8.78 Å². The molecule has 11 heavy (non-hydrogen) atoms. The molecule has 0 amide bonds. The van der Waals surface area contributed by atoms with Gasteiger partial charge in [-0.15, -0.1) is 0 Å². The average Bonchev–Trinajstić information content (AvgIpc) is 1.86. The third-order valence-electron chi connectivity index (χ3n) is 0.855. The number of aliphatic carboxylic acids is 1. The molecule has 0 spiro atoms. The van der Waals surface area contributed by atoms with Crippen molar-refractivity contribution in [1.82, 2.24) is 0 Å². The number of halogens is 2. The number of carbonyl (C=O) groups is 1. The Balaban J connectivity index is 4.01. The summed E-state index contributed by atoms with van der Waals surface area (Å²) in [5.41, 5.74) is 0. The zero-order valence-electron chi connectivity index (χ0n) is 5.75. The van der Waals surface area contributed by atoms with Gasteiger partial charge in [-0.25, -0.2) is 4.79 Å². The fourth-order valence-electron chi connectivity index (χ4n) is 0.340. The highest BCUT2D eigenvalue weighted by atomic mass is 32.2. The molecule has 0 fully saturated rings. The van der Waals surface area contributed by atoms with Gasteiger partial charge in [0.05, 0.1) is 6.61 Å². The van der Waals surface area contributed by atoms with Crippen molar-refractivity contribution in [3.8, 4) is 0 Å². The molecule has 6 heteroatoms. The number of aliphatic hydroxyl groups excluding tert-OH is 1. The SMILES string of the molecule is CC(CO)SC(F)(F)C(=O)O. The van der Waals surface area contributed by atoms with E-state index < -0.39 is 23.1 Å². The molecule has 3 nitrogen and oxygen atoms in total. The smallest absolute Gasteiger partial charge is 0.389 e. The van der Waals surface area contributed by atoms with Crippen LogP contribution >= 0.6 is 11.8 Å². The van der Waals surface area contributed by atoms with Crippen molar-refractivity contribution in [3.63, 3.8) is 0 Å². The monoisotopic (exact) mass is 186 g/mol. The van der Waals surface area contributed by atoms with Crippen molar-refractivity contribution in [2.75, 3.05) is 6.61 Å². The molecular weight excluding hydrogens is 178 g/mol. The first-order chi connectivity index (χ1) is 4.90. The first-order valence-corrected chi connectivity index (χ1v) is 3.68. The van der Waals surface area contributed by atoms with Crippen LogP contribution in [0.15, 0.2) is 0 Å². The lowest BCUT2D eigenvalue weighted by atomic mass is 10.5. The molecule has 1 unspecified atom stereocenters. The fourth-order valence-corrected chi connectivity index (χ4v) is 1.02. The second-order valence-electron chi connectivity index (χ2n) is 1.93. The van der Waals surface area contributed by atoms with Crippen molar-refractivity contribution in [2.45, 2.75) is 17.4 Å². The van der Waals surface area contributed by atoms with E-state index in [1.165, 1.54) is 6.92 Å². The first kappa shape index (κ1) is 10.6. The first-order valence-electron chi connectivity index (χ1n) is 2.80. The van der Waals surface area contributed by atoms with E-state index >= 15 is 0 Å². The van der Waals surface area contributed by atoms with Crippen LogP contribution in [-0.4, -0.2) is 33.3 Å². The van der Waals surface area contributed by atoms with Gasteiger partial charge in [-0.1, -0.05) is 18.7 Å². The molecule has 0 aliphatic rings. The molecule has 0 aromatic carbocycles. The van der Waals surface area contributed by atoms with Crippen LogP contribution in [0.1, 0.15) is 6.92 Å². The van der Waals surface area contributed by atoms with Crippen molar-refractivity contribution in [1.29, 1.82) is 0 Å². The highest BCUT2D eigenvalue weighted by Gasteiger charge is 2.40. The van der Waals surface area contributed by atoms with E-state index in [4.69, 9.17) is 10.2 Å². The molecule has 0 saturated carbocycles. The number of carboxylic acids is 1. The highest BCUT2D eigenvalue weighted by molar-refractivity contribution is 8.01. The van der Waals surface area contributed by atoms with Crippen LogP contribution in [0.5, 0.6) is 0 Å². The van der Waals surface area contributed by atoms with Gasteiger partial charge in [-0.3, -0.25) is 0 Å². The van der Waals surface area contributed by atoms with Gasteiger partial charge in [0.25, 0.3) is 0 Å². The Labute approximate surface area is 66.4 Å². The molecule has 1 atom stereocenters. The lowest BCUT2D eigenvalue weighted by molar-refractivity contribution is -0.152. The minimum Gasteiger partial charge on any atom is -0.476 e. The Morgan fingerprint density at radius 3 is 2.45 bits per heavy atom. The number of aliphatic hydroxyl groups is 1. The summed E-state index contributed by atoms with van der Waals surface area (Å²) in [7, 11) is 0. The molecule has 0 aliphatic carbocycles. The van der Waals surface area contributed by atoms with Gasteiger partial charge in [0.15, 0.2) is 0 Å². The molecule has 66 valence electrons. The van der Waals surface area contributed by atoms with E-state index in [-0.39, 0.29) is 11.8 Å². The topological polar surface area (TPSA) is 57.5 Å². The predicted octanol–water partition coefficient (Wildman–Crippen LogP) is 0.778. The highest BCUT2D eigenvalue weighted by Crippen LogP contribution is 2.32.